The second kappa shape index (κ2) is 7.21. The van der Waals surface area contributed by atoms with E-state index in [2.05, 4.69) is 34.5 Å². The van der Waals surface area contributed by atoms with Gasteiger partial charge in [0, 0.05) is 12.5 Å². The highest BCUT2D eigenvalue weighted by atomic mass is 32.1. The SMILES string of the molecule is CC(C)Cc1nnc(NC(=O)Cn2nc3c(cc2=O)CCCC3)s1. The van der Waals surface area contributed by atoms with Crippen molar-refractivity contribution in [2.75, 3.05) is 5.32 Å². The largest absolute Gasteiger partial charge is 0.299 e. The van der Waals surface area contributed by atoms with Gasteiger partial charge in [0.1, 0.15) is 11.6 Å². The number of fused-ring (bicyclic) bond motifs is 1. The van der Waals surface area contributed by atoms with E-state index in [9.17, 15) is 9.59 Å². The Morgan fingerprint density at radius 2 is 2.12 bits per heavy atom. The van der Waals surface area contributed by atoms with Crippen LogP contribution in [0, 0.1) is 5.92 Å². The number of nitrogens with one attached hydrogen (secondary N) is 1. The molecule has 0 fully saturated rings. The van der Waals surface area contributed by atoms with Crippen LogP contribution in [0.25, 0.3) is 0 Å². The molecule has 0 bridgehead atoms. The van der Waals surface area contributed by atoms with Crippen molar-refractivity contribution in [2.24, 2.45) is 5.92 Å². The van der Waals surface area contributed by atoms with Gasteiger partial charge in [0.05, 0.1) is 5.69 Å². The van der Waals surface area contributed by atoms with Crippen LogP contribution < -0.4 is 10.9 Å². The highest BCUT2D eigenvalue weighted by Crippen LogP contribution is 2.19. The molecule has 3 rings (SSSR count). The molecule has 0 radical (unpaired) electrons. The number of nitrogens with zero attached hydrogens (tertiary/aromatic N) is 4. The zero-order valence-electron chi connectivity index (χ0n) is 13.9. The number of amides is 1. The molecule has 0 saturated heterocycles. The lowest BCUT2D eigenvalue weighted by Crippen LogP contribution is -2.31. The number of anilines is 1. The Balaban J connectivity index is 1.66. The molecule has 1 N–H and O–H groups in total. The van der Waals surface area contributed by atoms with E-state index in [1.54, 1.807) is 6.07 Å². The maximum atomic E-state index is 12.2. The molecule has 7 nitrogen and oxygen atoms in total. The highest BCUT2D eigenvalue weighted by Gasteiger charge is 2.15. The van der Waals surface area contributed by atoms with Gasteiger partial charge in [-0.15, -0.1) is 10.2 Å². The smallest absolute Gasteiger partial charge is 0.267 e. The molecule has 0 atom stereocenters. The molecule has 0 unspecified atom stereocenters. The van der Waals surface area contributed by atoms with Crippen molar-refractivity contribution in [1.29, 1.82) is 0 Å². The fraction of sp³-hybridized carbons (Fsp3) is 0.562. The first-order valence-corrected chi connectivity index (χ1v) is 9.05. The lowest BCUT2D eigenvalue weighted by Gasteiger charge is -2.15. The topological polar surface area (TPSA) is 89.8 Å². The average molecular weight is 347 g/mol. The quantitative estimate of drug-likeness (QED) is 0.891. The maximum absolute atomic E-state index is 12.2. The van der Waals surface area contributed by atoms with Gasteiger partial charge in [-0.1, -0.05) is 25.2 Å². The Hall–Kier alpha value is -2.09. The van der Waals surface area contributed by atoms with Crippen molar-refractivity contribution < 1.29 is 4.79 Å². The molecule has 0 spiro atoms. The van der Waals surface area contributed by atoms with E-state index in [0.717, 1.165) is 48.4 Å². The Kier molecular flexibility index (Phi) is 5.03. The van der Waals surface area contributed by atoms with Gasteiger partial charge in [0.2, 0.25) is 11.0 Å². The van der Waals surface area contributed by atoms with Crippen molar-refractivity contribution in [3.8, 4) is 0 Å². The Morgan fingerprint density at radius 3 is 2.92 bits per heavy atom. The summed E-state index contributed by atoms with van der Waals surface area (Å²) in [6.07, 6.45) is 4.77. The van der Waals surface area contributed by atoms with Gasteiger partial charge < -0.3 is 0 Å². The summed E-state index contributed by atoms with van der Waals surface area (Å²) in [5.74, 6) is 0.174. The number of hydrogen-bond acceptors (Lipinski definition) is 6. The molecule has 1 aliphatic carbocycles. The van der Waals surface area contributed by atoms with Crippen LogP contribution >= 0.6 is 11.3 Å². The van der Waals surface area contributed by atoms with Crippen LogP contribution in [0.3, 0.4) is 0 Å². The van der Waals surface area contributed by atoms with Crippen LogP contribution in [-0.4, -0.2) is 25.9 Å². The third kappa shape index (κ3) is 4.05. The van der Waals surface area contributed by atoms with E-state index in [0.29, 0.717) is 11.0 Å². The minimum atomic E-state index is -0.312. The van der Waals surface area contributed by atoms with Crippen LogP contribution in [-0.2, 0) is 30.6 Å². The zero-order chi connectivity index (χ0) is 17.1. The fourth-order valence-electron chi connectivity index (χ4n) is 2.74. The summed E-state index contributed by atoms with van der Waals surface area (Å²) < 4.78 is 1.23. The summed E-state index contributed by atoms with van der Waals surface area (Å²) in [5.41, 5.74) is 1.72. The molecular weight excluding hydrogens is 326 g/mol. The Morgan fingerprint density at radius 1 is 1.33 bits per heavy atom. The van der Waals surface area contributed by atoms with Crippen LogP contribution in [0.5, 0.6) is 0 Å². The lowest BCUT2D eigenvalue weighted by atomic mass is 9.97. The maximum Gasteiger partial charge on any atom is 0.267 e. The van der Waals surface area contributed by atoms with E-state index >= 15 is 0 Å². The van der Waals surface area contributed by atoms with Crippen molar-refractivity contribution >= 4 is 22.4 Å². The number of aromatic nitrogens is 4. The molecule has 24 heavy (non-hydrogen) atoms. The van der Waals surface area contributed by atoms with Gasteiger partial charge in [-0.05, 0) is 37.2 Å². The van der Waals surface area contributed by atoms with Gasteiger partial charge in [-0.2, -0.15) is 5.10 Å². The first-order chi connectivity index (χ1) is 11.5. The van der Waals surface area contributed by atoms with Crippen LogP contribution in [0.1, 0.15) is 43.0 Å². The first kappa shape index (κ1) is 16.8. The third-order valence-corrected chi connectivity index (χ3v) is 4.72. The Bertz CT molecular complexity index is 796. The molecule has 0 aromatic carbocycles. The van der Waals surface area contributed by atoms with Crippen LogP contribution in [0.4, 0.5) is 5.13 Å². The van der Waals surface area contributed by atoms with Gasteiger partial charge in [-0.3, -0.25) is 14.9 Å². The summed E-state index contributed by atoms with van der Waals surface area (Å²) in [5, 5.41) is 16.4. The van der Waals surface area contributed by atoms with E-state index in [1.165, 1.54) is 16.0 Å². The number of carbonyl (C=O) groups excluding carboxylic acids is 1. The monoisotopic (exact) mass is 347 g/mol. The number of aryl methyl sites for hydroxylation is 2. The van der Waals surface area contributed by atoms with Crippen molar-refractivity contribution in [3.63, 3.8) is 0 Å². The van der Waals surface area contributed by atoms with Gasteiger partial charge in [0.25, 0.3) is 5.56 Å². The van der Waals surface area contributed by atoms with Crippen LogP contribution in [0.2, 0.25) is 0 Å². The molecule has 8 heteroatoms. The fourth-order valence-corrected chi connectivity index (χ4v) is 3.71. The molecule has 0 aliphatic heterocycles. The van der Waals surface area contributed by atoms with Crippen LogP contribution in [0.15, 0.2) is 10.9 Å². The van der Waals surface area contributed by atoms with Gasteiger partial charge in [-0.25, -0.2) is 4.68 Å². The summed E-state index contributed by atoms with van der Waals surface area (Å²) in [6.45, 7) is 4.10. The van der Waals surface area contributed by atoms with Crippen molar-refractivity contribution in [3.05, 3.63) is 32.7 Å². The zero-order valence-corrected chi connectivity index (χ0v) is 14.7. The predicted molar refractivity (Wildman–Crippen MR) is 92.2 cm³/mol. The number of rotatable bonds is 5. The number of hydrogen-bond donors (Lipinski definition) is 1. The molecule has 2 heterocycles. The average Bonchev–Trinajstić information content (AvgIpc) is 2.94. The lowest BCUT2D eigenvalue weighted by molar-refractivity contribution is -0.117. The predicted octanol–water partition coefficient (Wildman–Crippen LogP) is 1.81. The number of carbonyl (C=O) groups is 1. The third-order valence-electron chi connectivity index (χ3n) is 3.86. The van der Waals surface area contributed by atoms with E-state index in [-0.39, 0.29) is 18.0 Å². The molecule has 2 aromatic heterocycles. The molecule has 128 valence electrons. The summed E-state index contributed by atoms with van der Waals surface area (Å²) in [4.78, 5) is 24.3. The van der Waals surface area contributed by atoms with Gasteiger partial charge in [0.15, 0.2) is 0 Å². The molecular formula is C16H21N5O2S. The summed E-state index contributed by atoms with van der Waals surface area (Å²) in [6, 6.07) is 1.61. The molecule has 2 aromatic rings. The first-order valence-electron chi connectivity index (χ1n) is 8.23. The van der Waals surface area contributed by atoms with E-state index < -0.39 is 0 Å². The summed E-state index contributed by atoms with van der Waals surface area (Å²) >= 11 is 1.37. The minimum Gasteiger partial charge on any atom is -0.299 e. The molecule has 1 aliphatic rings. The van der Waals surface area contributed by atoms with E-state index in [1.807, 2.05) is 0 Å². The second-order valence-corrected chi connectivity index (χ2v) is 7.53. The van der Waals surface area contributed by atoms with Crippen molar-refractivity contribution in [1.82, 2.24) is 20.0 Å². The van der Waals surface area contributed by atoms with Crippen molar-refractivity contribution in [2.45, 2.75) is 52.5 Å². The summed E-state index contributed by atoms with van der Waals surface area (Å²) in [7, 11) is 0. The molecule has 0 saturated carbocycles. The second-order valence-electron chi connectivity index (χ2n) is 6.47. The highest BCUT2D eigenvalue weighted by molar-refractivity contribution is 7.15. The van der Waals surface area contributed by atoms with Gasteiger partial charge >= 0.3 is 0 Å². The normalized spacial score (nSPS) is 13.8. The molecule has 1 amide bonds. The minimum absolute atomic E-state index is 0.106. The van der Waals surface area contributed by atoms with E-state index in [4.69, 9.17) is 0 Å². The Labute approximate surface area is 144 Å². The standard InChI is InChI=1S/C16H21N5O2S/c1-10(2)7-14-18-19-16(24-14)17-13(22)9-21-15(23)8-11-5-3-4-6-12(11)20-21/h8,10H,3-7,9H2,1-2H3,(H,17,19,22).